The normalized spacial score (nSPS) is 10.1. The molecule has 10 heteroatoms. The van der Waals surface area contributed by atoms with Crippen LogP contribution in [-0.2, 0) is 9.53 Å². The summed E-state index contributed by atoms with van der Waals surface area (Å²) >= 11 is 5.81. The Labute approximate surface area is 153 Å². The van der Waals surface area contributed by atoms with Gasteiger partial charge in [0.1, 0.15) is 0 Å². The summed E-state index contributed by atoms with van der Waals surface area (Å²) < 4.78 is 9.99. The molecule has 0 unspecified atom stereocenters. The van der Waals surface area contributed by atoms with Crippen LogP contribution in [0, 0.1) is 10.1 Å². The van der Waals surface area contributed by atoms with Crippen molar-refractivity contribution in [1.82, 2.24) is 4.98 Å². The fourth-order valence-corrected chi connectivity index (χ4v) is 2.11. The monoisotopic (exact) mass is 379 g/mol. The summed E-state index contributed by atoms with van der Waals surface area (Å²) in [5.41, 5.74) is -0.174. The lowest BCUT2D eigenvalue weighted by Gasteiger charge is -2.08. The smallest absolute Gasteiger partial charge is 0.338 e. The maximum atomic E-state index is 12.0. The fourth-order valence-electron chi connectivity index (χ4n) is 1.94. The maximum absolute atomic E-state index is 12.0. The first-order valence-corrected chi connectivity index (χ1v) is 7.79. The molecule has 0 aliphatic rings. The van der Waals surface area contributed by atoms with E-state index in [-0.39, 0.29) is 34.4 Å². The highest BCUT2D eigenvalue weighted by Gasteiger charge is 2.20. The van der Waals surface area contributed by atoms with E-state index >= 15 is 0 Å². The number of esters is 1. The molecule has 0 saturated heterocycles. The number of rotatable bonds is 7. The number of carbonyl (C=O) groups excluding carboxylic acids is 2. The zero-order valence-electron chi connectivity index (χ0n) is 13.6. The van der Waals surface area contributed by atoms with Crippen molar-refractivity contribution in [1.29, 1.82) is 0 Å². The van der Waals surface area contributed by atoms with Crippen LogP contribution in [0.2, 0.25) is 5.15 Å². The van der Waals surface area contributed by atoms with Gasteiger partial charge >= 0.3 is 11.7 Å². The molecule has 26 heavy (non-hydrogen) atoms. The van der Waals surface area contributed by atoms with Crippen molar-refractivity contribution in [3.05, 3.63) is 57.4 Å². The van der Waals surface area contributed by atoms with Crippen molar-refractivity contribution < 1.29 is 24.0 Å². The number of carbonyl (C=O) groups is 2. The third-order valence-electron chi connectivity index (χ3n) is 3.06. The molecule has 9 nitrogen and oxygen atoms in total. The second-order valence-electron chi connectivity index (χ2n) is 4.84. The molecular formula is C16H14ClN3O6. The van der Waals surface area contributed by atoms with Gasteiger partial charge in [0.05, 0.1) is 22.8 Å². The van der Waals surface area contributed by atoms with Gasteiger partial charge in [-0.05, 0) is 31.2 Å². The van der Waals surface area contributed by atoms with Crippen LogP contribution in [0.1, 0.15) is 17.3 Å². The Morgan fingerprint density at radius 2 is 2.12 bits per heavy atom. The second-order valence-corrected chi connectivity index (χ2v) is 5.20. The average Bonchev–Trinajstić information content (AvgIpc) is 2.62. The number of nitro benzene ring substituents is 1. The summed E-state index contributed by atoms with van der Waals surface area (Å²) in [5.74, 6) is -1.48. The van der Waals surface area contributed by atoms with Crippen LogP contribution in [0.5, 0.6) is 5.75 Å². The molecule has 1 heterocycles. The maximum Gasteiger partial charge on any atom is 0.338 e. The first-order chi connectivity index (χ1) is 12.4. The second kappa shape index (κ2) is 8.77. The van der Waals surface area contributed by atoms with E-state index in [0.29, 0.717) is 0 Å². The Hall–Kier alpha value is -3.20. The Kier molecular flexibility index (Phi) is 6.45. The van der Waals surface area contributed by atoms with Crippen LogP contribution in [0.3, 0.4) is 0 Å². The van der Waals surface area contributed by atoms with Gasteiger partial charge in [-0.15, -0.1) is 0 Å². The standard InChI is InChI=1S/C16H14ClN3O6/c1-2-25-13-6-5-10(8-12(13)20(23)24)16(22)26-9-14(21)19-11-4-3-7-18-15(11)17/h3-8H,2,9H2,1H3,(H,19,21). The first-order valence-electron chi connectivity index (χ1n) is 7.41. The topological polar surface area (TPSA) is 121 Å². The summed E-state index contributed by atoms with van der Waals surface area (Å²) in [4.78, 5) is 38.0. The number of hydrogen-bond donors (Lipinski definition) is 1. The molecule has 0 aliphatic carbocycles. The Balaban J connectivity index is 2.01. The van der Waals surface area contributed by atoms with E-state index in [2.05, 4.69) is 10.3 Å². The van der Waals surface area contributed by atoms with Gasteiger partial charge in [0.15, 0.2) is 17.5 Å². The minimum atomic E-state index is -0.886. The lowest BCUT2D eigenvalue weighted by atomic mass is 10.2. The van der Waals surface area contributed by atoms with Gasteiger partial charge < -0.3 is 14.8 Å². The Bertz CT molecular complexity index is 842. The molecule has 0 radical (unpaired) electrons. The van der Waals surface area contributed by atoms with Gasteiger partial charge in [-0.2, -0.15) is 0 Å². The predicted octanol–water partition coefficient (Wildman–Crippen LogP) is 2.84. The molecule has 0 fully saturated rings. The number of hydrogen-bond acceptors (Lipinski definition) is 7. The van der Waals surface area contributed by atoms with Crippen LogP contribution >= 0.6 is 11.6 Å². The molecule has 0 saturated carbocycles. The van der Waals surface area contributed by atoms with Crippen molar-refractivity contribution in [2.45, 2.75) is 6.92 Å². The van der Waals surface area contributed by atoms with E-state index in [0.717, 1.165) is 6.07 Å². The number of nitrogens with one attached hydrogen (secondary N) is 1. The van der Waals surface area contributed by atoms with Crippen LogP contribution in [-0.4, -0.2) is 35.0 Å². The van der Waals surface area contributed by atoms with Gasteiger partial charge in [0.2, 0.25) is 0 Å². The zero-order valence-corrected chi connectivity index (χ0v) is 14.4. The zero-order chi connectivity index (χ0) is 19.1. The molecule has 2 aromatic rings. The number of anilines is 1. The molecule has 0 spiro atoms. The summed E-state index contributed by atoms with van der Waals surface area (Å²) in [6.45, 7) is 1.33. The van der Waals surface area contributed by atoms with Crippen molar-refractivity contribution in [3.63, 3.8) is 0 Å². The molecule has 136 valence electrons. The Morgan fingerprint density at radius 3 is 2.77 bits per heavy atom. The van der Waals surface area contributed by atoms with Crippen molar-refractivity contribution in [3.8, 4) is 5.75 Å². The van der Waals surface area contributed by atoms with E-state index in [4.69, 9.17) is 21.1 Å². The highest BCUT2D eigenvalue weighted by Crippen LogP contribution is 2.28. The van der Waals surface area contributed by atoms with Crippen LogP contribution < -0.4 is 10.1 Å². The number of amides is 1. The van der Waals surface area contributed by atoms with E-state index in [1.807, 2.05) is 0 Å². The number of nitrogens with zero attached hydrogens (tertiary/aromatic N) is 2. The highest BCUT2D eigenvalue weighted by molar-refractivity contribution is 6.32. The van der Waals surface area contributed by atoms with Gasteiger partial charge in [0.25, 0.3) is 5.91 Å². The molecule has 1 aromatic heterocycles. The van der Waals surface area contributed by atoms with E-state index in [1.54, 1.807) is 13.0 Å². The highest BCUT2D eigenvalue weighted by atomic mass is 35.5. The molecule has 1 amide bonds. The third-order valence-corrected chi connectivity index (χ3v) is 3.36. The van der Waals surface area contributed by atoms with E-state index < -0.39 is 23.4 Å². The lowest BCUT2D eigenvalue weighted by Crippen LogP contribution is -2.21. The predicted molar refractivity (Wildman–Crippen MR) is 92.4 cm³/mol. The number of aromatic nitrogens is 1. The summed E-state index contributed by atoms with van der Waals surface area (Å²) in [6, 6.07) is 6.75. The molecule has 0 aliphatic heterocycles. The molecular weight excluding hydrogens is 366 g/mol. The number of pyridine rings is 1. The molecule has 0 bridgehead atoms. The summed E-state index contributed by atoms with van der Waals surface area (Å²) in [7, 11) is 0. The molecule has 1 N–H and O–H groups in total. The largest absolute Gasteiger partial charge is 0.487 e. The van der Waals surface area contributed by atoms with E-state index in [9.17, 15) is 19.7 Å². The lowest BCUT2D eigenvalue weighted by molar-refractivity contribution is -0.385. The molecule has 0 atom stereocenters. The Morgan fingerprint density at radius 1 is 1.35 bits per heavy atom. The van der Waals surface area contributed by atoms with Crippen LogP contribution in [0.25, 0.3) is 0 Å². The van der Waals surface area contributed by atoms with E-state index in [1.165, 1.54) is 24.4 Å². The van der Waals surface area contributed by atoms with Gasteiger partial charge in [-0.3, -0.25) is 14.9 Å². The number of benzene rings is 1. The molecule has 1 aromatic carbocycles. The average molecular weight is 380 g/mol. The fraction of sp³-hybridized carbons (Fsp3) is 0.188. The summed E-state index contributed by atoms with van der Waals surface area (Å²) in [5, 5.41) is 13.6. The van der Waals surface area contributed by atoms with Crippen LogP contribution in [0.4, 0.5) is 11.4 Å². The SMILES string of the molecule is CCOc1ccc(C(=O)OCC(=O)Nc2cccnc2Cl)cc1[N+](=O)[O-]. The minimum Gasteiger partial charge on any atom is -0.487 e. The van der Waals surface area contributed by atoms with Crippen LogP contribution in [0.15, 0.2) is 36.5 Å². The van der Waals surface area contributed by atoms with Gasteiger partial charge in [0, 0.05) is 12.3 Å². The quantitative estimate of drug-likeness (QED) is 0.340. The molecule has 2 rings (SSSR count). The van der Waals surface area contributed by atoms with Crippen molar-refractivity contribution >= 4 is 34.9 Å². The number of halogens is 1. The van der Waals surface area contributed by atoms with Crippen molar-refractivity contribution in [2.75, 3.05) is 18.5 Å². The summed E-state index contributed by atoms with van der Waals surface area (Å²) in [6.07, 6.45) is 1.46. The van der Waals surface area contributed by atoms with Gasteiger partial charge in [-0.25, -0.2) is 9.78 Å². The van der Waals surface area contributed by atoms with Gasteiger partial charge in [-0.1, -0.05) is 11.6 Å². The third kappa shape index (κ3) is 4.90. The van der Waals surface area contributed by atoms with Crippen molar-refractivity contribution in [2.24, 2.45) is 0 Å². The minimum absolute atomic E-state index is 0.0398. The number of ether oxygens (including phenoxy) is 2. The number of nitro groups is 1. The first kappa shape index (κ1) is 19.1.